The van der Waals surface area contributed by atoms with Crippen molar-refractivity contribution < 1.29 is 4.79 Å². The molecule has 3 nitrogen and oxygen atoms in total. The summed E-state index contributed by atoms with van der Waals surface area (Å²) in [4.78, 5) is 10.6. The van der Waals surface area contributed by atoms with Gasteiger partial charge in [-0.05, 0) is 24.6 Å². The van der Waals surface area contributed by atoms with Crippen LogP contribution in [0, 0.1) is 6.92 Å². The maximum Gasteiger partial charge on any atom is 0.168 e. The summed E-state index contributed by atoms with van der Waals surface area (Å²) in [6, 6.07) is 3.90. The number of aryl methyl sites for hydroxylation is 1. The van der Waals surface area contributed by atoms with Crippen LogP contribution >= 0.6 is 15.9 Å². The first kappa shape index (κ1) is 8.44. The van der Waals surface area contributed by atoms with E-state index < -0.39 is 0 Å². The molecular weight excluding hydrogens is 232 g/mol. The molecule has 0 unspecified atom stereocenters. The van der Waals surface area contributed by atoms with Crippen molar-refractivity contribution in [2.45, 2.75) is 6.92 Å². The molecule has 0 saturated carbocycles. The average molecular weight is 239 g/mol. The second kappa shape index (κ2) is 2.96. The molecule has 0 aliphatic heterocycles. The minimum Gasteiger partial charge on any atom is -0.296 e. The van der Waals surface area contributed by atoms with Crippen LogP contribution in [0.25, 0.3) is 10.9 Å². The molecule has 1 heterocycles. The number of nitrogens with one attached hydrogen (secondary N) is 1. The Balaban J connectivity index is 2.89. The maximum atomic E-state index is 10.6. The Labute approximate surface area is 83.3 Å². The molecule has 4 heteroatoms. The molecule has 0 aliphatic carbocycles. The van der Waals surface area contributed by atoms with Gasteiger partial charge in [0.2, 0.25) is 0 Å². The molecule has 0 spiro atoms. The summed E-state index contributed by atoms with van der Waals surface area (Å²) < 4.78 is 0.901. The third-order valence-corrected chi connectivity index (χ3v) is 2.52. The zero-order valence-corrected chi connectivity index (χ0v) is 8.55. The lowest BCUT2D eigenvalue weighted by Crippen LogP contribution is -1.80. The lowest BCUT2D eigenvalue weighted by atomic mass is 10.1. The molecule has 13 heavy (non-hydrogen) atoms. The molecule has 0 saturated heterocycles. The van der Waals surface area contributed by atoms with Gasteiger partial charge in [0.1, 0.15) is 5.69 Å². The van der Waals surface area contributed by atoms with Crippen molar-refractivity contribution in [3.05, 3.63) is 27.9 Å². The van der Waals surface area contributed by atoms with Crippen molar-refractivity contribution in [3.8, 4) is 0 Å². The quantitative estimate of drug-likeness (QED) is 0.777. The molecule has 66 valence electrons. The number of halogens is 1. The van der Waals surface area contributed by atoms with E-state index in [1.54, 1.807) is 0 Å². The Kier molecular flexibility index (Phi) is 1.92. The summed E-state index contributed by atoms with van der Waals surface area (Å²) in [6.45, 7) is 1.99. The van der Waals surface area contributed by atoms with Crippen LogP contribution in [0.3, 0.4) is 0 Å². The Morgan fingerprint density at radius 2 is 2.31 bits per heavy atom. The zero-order chi connectivity index (χ0) is 9.42. The number of aldehydes is 1. The summed E-state index contributed by atoms with van der Waals surface area (Å²) >= 11 is 3.40. The number of carbonyl (C=O) groups excluding carboxylic acids is 1. The highest BCUT2D eigenvalue weighted by molar-refractivity contribution is 9.10. The number of nitrogens with zero attached hydrogens (tertiary/aromatic N) is 1. The normalized spacial score (nSPS) is 10.6. The van der Waals surface area contributed by atoms with Crippen molar-refractivity contribution >= 4 is 33.1 Å². The molecule has 1 aromatic heterocycles. The van der Waals surface area contributed by atoms with Gasteiger partial charge in [-0.3, -0.25) is 9.89 Å². The van der Waals surface area contributed by atoms with Crippen LogP contribution in [0.2, 0.25) is 0 Å². The molecule has 0 atom stereocenters. The number of hydrogen-bond acceptors (Lipinski definition) is 2. The maximum absolute atomic E-state index is 10.6. The van der Waals surface area contributed by atoms with E-state index in [0.717, 1.165) is 27.2 Å². The van der Waals surface area contributed by atoms with E-state index in [1.807, 2.05) is 19.1 Å². The van der Waals surface area contributed by atoms with Gasteiger partial charge in [-0.15, -0.1) is 0 Å². The average Bonchev–Trinajstić information content (AvgIpc) is 2.47. The van der Waals surface area contributed by atoms with Gasteiger partial charge in [0.25, 0.3) is 0 Å². The second-order valence-corrected chi connectivity index (χ2v) is 3.75. The summed E-state index contributed by atoms with van der Waals surface area (Å²) in [6.07, 6.45) is 0.773. The third kappa shape index (κ3) is 1.27. The van der Waals surface area contributed by atoms with Crippen LogP contribution in [0.5, 0.6) is 0 Å². The molecule has 2 rings (SSSR count). The molecule has 0 fully saturated rings. The number of aromatic amines is 1. The molecule has 1 N–H and O–H groups in total. The summed E-state index contributed by atoms with van der Waals surface area (Å²) in [5.74, 6) is 0. The number of benzene rings is 1. The number of fused-ring (bicyclic) bond motifs is 1. The third-order valence-electron chi connectivity index (χ3n) is 1.90. The van der Waals surface area contributed by atoms with Gasteiger partial charge in [0.15, 0.2) is 6.29 Å². The monoisotopic (exact) mass is 238 g/mol. The van der Waals surface area contributed by atoms with Gasteiger partial charge >= 0.3 is 0 Å². The number of rotatable bonds is 1. The number of aromatic nitrogens is 2. The first-order valence-corrected chi connectivity index (χ1v) is 4.61. The van der Waals surface area contributed by atoms with E-state index in [1.165, 1.54) is 0 Å². The molecular formula is C9H7BrN2O. The Morgan fingerprint density at radius 3 is 3.00 bits per heavy atom. The van der Waals surface area contributed by atoms with Crippen LogP contribution in [-0.4, -0.2) is 16.5 Å². The summed E-state index contributed by atoms with van der Waals surface area (Å²) in [5, 5.41) is 7.56. The largest absolute Gasteiger partial charge is 0.296 e. The second-order valence-electron chi connectivity index (χ2n) is 2.90. The lowest BCUT2D eigenvalue weighted by molar-refractivity contribution is 0.112. The van der Waals surface area contributed by atoms with E-state index in [-0.39, 0.29) is 0 Å². The Hall–Kier alpha value is -1.16. The molecule has 2 aromatic rings. The van der Waals surface area contributed by atoms with Gasteiger partial charge in [-0.25, -0.2) is 0 Å². The van der Waals surface area contributed by atoms with E-state index in [2.05, 4.69) is 26.1 Å². The molecule has 1 aromatic carbocycles. The number of H-pyrrole nitrogens is 1. The fourth-order valence-electron chi connectivity index (χ4n) is 1.34. The van der Waals surface area contributed by atoms with Gasteiger partial charge in [0.05, 0.1) is 5.52 Å². The first-order valence-electron chi connectivity index (χ1n) is 3.82. The zero-order valence-electron chi connectivity index (χ0n) is 6.97. The highest BCUT2D eigenvalue weighted by Gasteiger charge is 2.08. The van der Waals surface area contributed by atoms with Gasteiger partial charge < -0.3 is 0 Å². The Morgan fingerprint density at radius 1 is 1.54 bits per heavy atom. The molecule has 0 bridgehead atoms. The van der Waals surface area contributed by atoms with Gasteiger partial charge in [-0.2, -0.15) is 5.10 Å². The lowest BCUT2D eigenvalue weighted by Gasteiger charge is -1.96. The van der Waals surface area contributed by atoms with E-state index in [4.69, 9.17) is 0 Å². The molecule has 0 amide bonds. The predicted octanol–water partition coefficient (Wildman–Crippen LogP) is 2.45. The highest BCUT2D eigenvalue weighted by Crippen LogP contribution is 2.26. The van der Waals surface area contributed by atoms with E-state index in [0.29, 0.717) is 5.69 Å². The standard InChI is InChI=1S/C9H7BrN2O/c1-5-2-6(10)9-7(3-5)11-12-8(9)4-13/h2-4H,1H3,(H,11,12). The van der Waals surface area contributed by atoms with Crippen molar-refractivity contribution in [2.24, 2.45) is 0 Å². The summed E-state index contributed by atoms with van der Waals surface area (Å²) in [7, 11) is 0. The predicted molar refractivity (Wildman–Crippen MR) is 53.9 cm³/mol. The SMILES string of the molecule is Cc1cc(Br)c2c(C=O)[nH]nc2c1. The van der Waals surface area contributed by atoms with Gasteiger partial charge in [0, 0.05) is 9.86 Å². The van der Waals surface area contributed by atoms with Crippen LogP contribution in [0.1, 0.15) is 16.1 Å². The molecule has 0 aliphatic rings. The number of hydrogen-bond donors (Lipinski definition) is 1. The van der Waals surface area contributed by atoms with Crippen LogP contribution in [0.15, 0.2) is 16.6 Å². The molecule has 0 radical (unpaired) electrons. The van der Waals surface area contributed by atoms with Crippen LogP contribution < -0.4 is 0 Å². The van der Waals surface area contributed by atoms with Crippen molar-refractivity contribution in [3.63, 3.8) is 0 Å². The topological polar surface area (TPSA) is 45.8 Å². The van der Waals surface area contributed by atoms with Crippen LogP contribution in [-0.2, 0) is 0 Å². The highest BCUT2D eigenvalue weighted by atomic mass is 79.9. The van der Waals surface area contributed by atoms with E-state index in [9.17, 15) is 4.79 Å². The number of carbonyl (C=O) groups is 1. The van der Waals surface area contributed by atoms with E-state index >= 15 is 0 Å². The van der Waals surface area contributed by atoms with Crippen molar-refractivity contribution in [1.82, 2.24) is 10.2 Å². The van der Waals surface area contributed by atoms with Gasteiger partial charge in [-0.1, -0.05) is 15.9 Å². The fourth-order valence-corrected chi connectivity index (χ4v) is 2.12. The van der Waals surface area contributed by atoms with Crippen molar-refractivity contribution in [1.29, 1.82) is 0 Å². The summed E-state index contributed by atoms with van der Waals surface area (Å²) in [5.41, 5.74) is 2.44. The first-order chi connectivity index (χ1) is 6.22. The fraction of sp³-hybridized carbons (Fsp3) is 0.111. The van der Waals surface area contributed by atoms with Crippen LogP contribution in [0.4, 0.5) is 0 Å². The Bertz CT molecular complexity index is 476. The smallest absolute Gasteiger partial charge is 0.168 e. The minimum atomic E-state index is 0.516. The van der Waals surface area contributed by atoms with Crippen molar-refractivity contribution in [2.75, 3.05) is 0 Å². The minimum absolute atomic E-state index is 0.516.